The third-order valence-electron chi connectivity index (χ3n) is 2.07. The molecule has 96 valence electrons. The number of carbonyl (C=O) groups is 1. The van der Waals surface area contributed by atoms with Crippen LogP contribution >= 0.6 is 0 Å². The van der Waals surface area contributed by atoms with E-state index in [4.69, 9.17) is 9.47 Å². The van der Waals surface area contributed by atoms with Crippen LogP contribution in [0.2, 0.25) is 0 Å². The molecule has 0 amide bonds. The van der Waals surface area contributed by atoms with Gasteiger partial charge in [-0.2, -0.15) is 0 Å². The Hall–Kier alpha value is -0.450. The molecule has 0 aliphatic carbocycles. The molecule has 0 fully saturated rings. The molecule has 0 aromatic heterocycles. The Labute approximate surface area is 97.9 Å². The minimum atomic E-state index is -0.813. The first kappa shape index (κ1) is 15.6. The van der Waals surface area contributed by atoms with E-state index in [-0.39, 0.29) is 12.5 Å². The van der Waals surface area contributed by atoms with E-state index in [0.29, 0.717) is 19.3 Å². The summed E-state index contributed by atoms with van der Waals surface area (Å²) in [6.45, 7) is 8.23. The van der Waals surface area contributed by atoms with E-state index in [2.05, 4.69) is 0 Å². The molecule has 0 radical (unpaired) electrons. The van der Waals surface area contributed by atoms with Crippen LogP contribution in [0.4, 0.5) is 0 Å². The quantitative estimate of drug-likeness (QED) is 0.487. The first-order chi connectivity index (χ1) is 7.43. The maximum Gasteiger partial charge on any atom is 0.168 e. The predicted octanol–water partition coefficient (Wildman–Crippen LogP) is 1.89. The average Bonchev–Trinajstić information content (AvgIpc) is 2.13. The normalized spacial score (nSPS) is 17.1. The number of aldehydes is 1. The van der Waals surface area contributed by atoms with Gasteiger partial charge in [0, 0.05) is 19.4 Å². The highest BCUT2D eigenvalue weighted by Gasteiger charge is 2.30. The predicted molar refractivity (Wildman–Crippen MR) is 62.2 cm³/mol. The van der Waals surface area contributed by atoms with Gasteiger partial charge in [0.2, 0.25) is 0 Å². The molecule has 0 rings (SSSR count). The van der Waals surface area contributed by atoms with Gasteiger partial charge in [0.25, 0.3) is 0 Å². The van der Waals surface area contributed by atoms with Crippen LogP contribution in [0.3, 0.4) is 0 Å². The summed E-state index contributed by atoms with van der Waals surface area (Å²) in [5, 5.41) is 9.61. The summed E-state index contributed by atoms with van der Waals surface area (Å²) in [4.78, 5) is 10.3. The van der Waals surface area contributed by atoms with Crippen LogP contribution in [0.1, 0.15) is 47.0 Å². The van der Waals surface area contributed by atoms with Gasteiger partial charge >= 0.3 is 0 Å². The zero-order valence-electron chi connectivity index (χ0n) is 10.7. The largest absolute Gasteiger partial charge is 0.392 e. The van der Waals surface area contributed by atoms with Gasteiger partial charge in [0.15, 0.2) is 5.79 Å². The van der Waals surface area contributed by atoms with Crippen molar-refractivity contribution < 1.29 is 19.4 Å². The lowest BCUT2D eigenvalue weighted by molar-refractivity contribution is -0.254. The molecule has 1 N–H and O–H groups in total. The molecule has 16 heavy (non-hydrogen) atoms. The van der Waals surface area contributed by atoms with Gasteiger partial charge < -0.3 is 19.4 Å². The lowest BCUT2D eigenvalue weighted by Crippen LogP contribution is -2.39. The van der Waals surface area contributed by atoms with Crippen molar-refractivity contribution in [2.75, 3.05) is 6.61 Å². The molecular formula is C12H24O4. The van der Waals surface area contributed by atoms with E-state index in [0.717, 1.165) is 6.42 Å². The highest BCUT2D eigenvalue weighted by Crippen LogP contribution is 2.22. The van der Waals surface area contributed by atoms with Crippen LogP contribution in [0.25, 0.3) is 0 Å². The van der Waals surface area contributed by atoms with Gasteiger partial charge in [-0.05, 0) is 27.2 Å². The maximum atomic E-state index is 10.3. The molecule has 0 saturated carbocycles. The Kier molecular flexibility index (Phi) is 7.55. The molecule has 4 nitrogen and oxygen atoms in total. The third-order valence-corrected chi connectivity index (χ3v) is 2.07. The van der Waals surface area contributed by atoms with Crippen LogP contribution in [0.5, 0.6) is 0 Å². The fraction of sp³-hybridized carbons (Fsp3) is 0.917. The van der Waals surface area contributed by atoms with Crippen molar-refractivity contribution in [2.24, 2.45) is 0 Å². The number of hydrogen-bond acceptors (Lipinski definition) is 4. The molecule has 0 aliphatic heterocycles. The Morgan fingerprint density at radius 2 is 2.06 bits per heavy atom. The van der Waals surface area contributed by atoms with Gasteiger partial charge in [0.05, 0.1) is 12.2 Å². The summed E-state index contributed by atoms with van der Waals surface area (Å²) in [5.41, 5.74) is 0. The van der Waals surface area contributed by atoms with E-state index < -0.39 is 11.9 Å². The number of rotatable bonds is 9. The zero-order chi connectivity index (χ0) is 12.6. The fourth-order valence-corrected chi connectivity index (χ4v) is 1.58. The first-order valence-corrected chi connectivity index (χ1v) is 5.87. The number of aliphatic hydroxyl groups excluding tert-OH is 1. The smallest absolute Gasteiger partial charge is 0.168 e. The summed E-state index contributed by atoms with van der Waals surface area (Å²) in [6, 6.07) is 0. The van der Waals surface area contributed by atoms with E-state index in [9.17, 15) is 9.90 Å². The standard InChI is InChI=1S/C12H24O4/c1-5-8-15-12(4,16-10(2)3)9-11(14)6-7-13/h7,10-11,14H,5-6,8-9H2,1-4H3/t11-,12?/m0/s1. The van der Waals surface area contributed by atoms with E-state index in [1.807, 2.05) is 20.8 Å². The summed E-state index contributed by atoms with van der Waals surface area (Å²) >= 11 is 0. The second kappa shape index (κ2) is 7.76. The molecule has 0 bridgehead atoms. The van der Waals surface area contributed by atoms with Crippen LogP contribution in [0, 0.1) is 0 Å². The molecule has 0 heterocycles. The second-order valence-electron chi connectivity index (χ2n) is 4.41. The first-order valence-electron chi connectivity index (χ1n) is 5.87. The average molecular weight is 232 g/mol. The lowest BCUT2D eigenvalue weighted by atomic mass is 10.1. The van der Waals surface area contributed by atoms with Gasteiger partial charge in [-0.25, -0.2) is 0 Å². The molecule has 0 aromatic rings. The highest BCUT2D eigenvalue weighted by atomic mass is 16.7. The van der Waals surface area contributed by atoms with Crippen LogP contribution in [0.15, 0.2) is 0 Å². The number of carbonyl (C=O) groups excluding carboxylic acids is 1. The van der Waals surface area contributed by atoms with Gasteiger partial charge in [-0.3, -0.25) is 0 Å². The SMILES string of the molecule is CCCOC(C)(C[C@@H](O)CC=O)OC(C)C. The molecule has 0 spiro atoms. The van der Waals surface area contributed by atoms with Gasteiger partial charge in [0.1, 0.15) is 6.29 Å². The van der Waals surface area contributed by atoms with Crippen molar-refractivity contribution in [1.82, 2.24) is 0 Å². The summed E-state index contributed by atoms with van der Waals surface area (Å²) < 4.78 is 11.3. The molecule has 2 atom stereocenters. The summed E-state index contributed by atoms with van der Waals surface area (Å²) in [5.74, 6) is -0.813. The van der Waals surface area contributed by atoms with Crippen molar-refractivity contribution >= 4 is 6.29 Å². The zero-order valence-corrected chi connectivity index (χ0v) is 10.7. The van der Waals surface area contributed by atoms with E-state index >= 15 is 0 Å². The monoisotopic (exact) mass is 232 g/mol. The van der Waals surface area contributed by atoms with Crippen molar-refractivity contribution in [3.8, 4) is 0 Å². The third kappa shape index (κ3) is 6.93. The van der Waals surface area contributed by atoms with Crippen LogP contribution in [-0.4, -0.2) is 36.0 Å². The molecule has 4 heteroatoms. The number of aliphatic hydroxyl groups is 1. The van der Waals surface area contributed by atoms with Gasteiger partial charge in [-0.1, -0.05) is 6.92 Å². The molecule has 0 aliphatic rings. The van der Waals surface area contributed by atoms with Crippen molar-refractivity contribution in [2.45, 2.75) is 65.0 Å². The molecular weight excluding hydrogens is 208 g/mol. The van der Waals surface area contributed by atoms with Crippen LogP contribution in [-0.2, 0) is 14.3 Å². The Balaban J connectivity index is 4.32. The van der Waals surface area contributed by atoms with Crippen molar-refractivity contribution in [3.05, 3.63) is 0 Å². The highest BCUT2D eigenvalue weighted by molar-refractivity contribution is 5.50. The summed E-state index contributed by atoms with van der Waals surface area (Å²) in [6.07, 6.45) is 1.33. The minimum absolute atomic E-state index is 0.0188. The Morgan fingerprint density at radius 3 is 2.50 bits per heavy atom. The molecule has 0 aromatic carbocycles. The maximum absolute atomic E-state index is 10.3. The Bertz CT molecular complexity index is 193. The lowest BCUT2D eigenvalue weighted by Gasteiger charge is -2.33. The number of hydrogen-bond donors (Lipinski definition) is 1. The summed E-state index contributed by atoms with van der Waals surface area (Å²) in [7, 11) is 0. The topological polar surface area (TPSA) is 55.8 Å². The van der Waals surface area contributed by atoms with Gasteiger partial charge in [-0.15, -0.1) is 0 Å². The van der Waals surface area contributed by atoms with Crippen LogP contribution < -0.4 is 0 Å². The van der Waals surface area contributed by atoms with Crippen molar-refractivity contribution in [1.29, 1.82) is 0 Å². The molecule has 1 unspecified atom stereocenters. The Morgan fingerprint density at radius 1 is 1.44 bits per heavy atom. The van der Waals surface area contributed by atoms with E-state index in [1.165, 1.54) is 0 Å². The minimum Gasteiger partial charge on any atom is -0.392 e. The van der Waals surface area contributed by atoms with Crippen molar-refractivity contribution in [3.63, 3.8) is 0 Å². The number of ether oxygens (including phenoxy) is 2. The fourth-order valence-electron chi connectivity index (χ4n) is 1.58. The second-order valence-corrected chi connectivity index (χ2v) is 4.41. The molecule has 0 saturated heterocycles. The van der Waals surface area contributed by atoms with E-state index in [1.54, 1.807) is 6.92 Å².